The first-order valence-electron chi connectivity index (χ1n) is 13.2. The van der Waals surface area contributed by atoms with Crippen molar-refractivity contribution in [3.05, 3.63) is 109 Å². The normalized spacial score (nSPS) is 12.2. The molecule has 4 nitrogen and oxygen atoms in total. The van der Waals surface area contributed by atoms with Gasteiger partial charge in [0.25, 0.3) is 0 Å². The van der Waals surface area contributed by atoms with Gasteiger partial charge in [0, 0.05) is 52.9 Å². The van der Waals surface area contributed by atoms with Crippen molar-refractivity contribution in [2.24, 2.45) is 0 Å². The summed E-state index contributed by atoms with van der Waals surface area (Å²) in [6, 6.07) is 37.9. The van der Waals surface area contributed by atoms with E-state index in [9.17, 15) is 10.0 Å². The van der Waals surface area contributed by atoms with E-state index in [0.29, 0.717) is 16.6 Å². The number of rotatable bonds is 2. The molecule has 0 spiro atoms. The van der Waals surface area contributed by atoms with E-state index in [0.717, 1.165) is 38.3 Å². The molecule has 0 unspecified atom stereocenters. The minimum absolute atomic E-state index is 0.370. The van der Waals surface area contributed by atoms with Crippen LogP contribution in [0.15, 0.2) is 114 Å². The lowest BCUT2D eigenvalue weighted by molar-refractivity contribution is 0.425. The molecule has 6 aromatic carbocycles. The highest BCUT2D eigenvalue weighted by atomic mass is 32.1. The lowest BCUT2D eigenvalue weighted by atomic mass is 9.78. The highest BCUT2D eigenvalue weighted by molar-refractivity contribution is 7.25. The molecule has 3 aromatic heterocycles. The molecule has 0 aliphatic carbocycles. The van der Waals surface area contributed by atoms with Crippen molar-refractivity contribution in [3.63, 3.8) is 0 Å². The van der Waals surface area contributed by atoms with Crippen LogP contribution in [0.4, 0.5) is 0 Å². The van der Waals surface area contributed by atoms with Gasteiger partial charge in [-0.25, -0.2) is 0 Å². The van der Waals surface area contributed by atoms with Gasteiger partial charge in [-0.2, -0.15) is 0 Å². The third-order valence-electron chi connectivity index (χ3n) is 8.18. The summed E-state index contributed by atoms with van der Waals surface area (Å²) in [5, 5.41) is 29.1. The Morgan fingerprint density at radius 2 is 1.38 bits per heavy atom. The molecule has 0 saturated heterocycles. The van der Waals surface area contributed by atoms with E-state index < -0.39 is 7.12 Å². The van der Waals surface area contributed by atoms with Gasteiger partial charge in [0.05, 0.1) is 11.0 Å². The first-order chi connectivity index (χ1) is 19.7. The van der Waals surface area contributed by atoms with Crippen molar-refractivity contribution in [1.29, 1.82) is 0 Å². The van der Waals surface area contributed by atoms with Crippen LogP contribution in [0.25, 0.3) is 80.4 Å². The first-order valence-corrected chi connectivity index (χ1v) is 14.1. The van der Waals surface area contributed by atoms with Crippen LogP contribution in [0.2, 0.25) is 0 Å². The number of benzene rings is 6. The molecular weight excluding hydrogens is 513 g/mol. The standard InChI is InChI=1S/C34H20BNO3S/c37-35(38)27-15-19-7-1-2-8-21(19)33-26-16-20(13-14-30(26)39-34(27)33)36-28-11-5-3-9-22(28)24-18-32-25(17-29(24)36)23-10-4-6-12-31(23)40-32/h1-18,37-38H. The van der Waals surface area contributed by atoms with Crippen molar-refractivity contribution in [2.75, 3.05) is 0 Å². The Kier molecular flexibility index (Phi) is 4.42. The van der Waals surface area contributed by atoms with Gasteiger partial charge < -0.3 is 19.0 Å². The minimum atomic E-state index is -1.63. The first kappa shape index (κ1) is 22.2. The van der Waals surface area contributed by atoms with Gasteiger partial charge in [-0.15, -0.1) is 11.3 Å². The number of nitrogens with zero attached hydrogens (tertiary/aromatic N) is 1. The molecule has 40 heavy (non-hydrogen) atoms. The smallest absolute Gasteiger partial charge is 0.456 e. The maximum absolute atomic E-state index is 10.2. The summed E-state index contributed by atoms with van der Waals surface area (Å²) in [4.78, 5) is 0. The number of para-hydroxylation sites is 1. The molecule has 0 bridgehead atoms. The molecule has 0 saturated carbocycles. The Morgan fingerprint density at radius 3 is 2.25 bits per heavy atom. The zero-order chi connectivity index (χ0) is 26.5. The topological polar surface area (TPSA) is 58.5 Å². The van der Waals surface area contributed by atoms with E-state index in [-0.39, 0.29) is 0 Å². The molecule has 9 aromatic rings. The summed E-state index contributed by atoms with van der Waals surface area (Å²) >= 11 is 1.84. The van der Waals surface area contributed by atoms with Crippen molar-refractivity contribution >= 4 is 98.6 Å². The van der Waals surface area contributed by atoms with E-state index in [1.807, 2.05) is 35.6 Å². The average Bonchev–Trinajstić information content (AvgIpc) is 3.64. The number of hydrogen-bond donors (Lipinski definition) is 2. The van der Waals surface area contributed by atoms with Crippen LogP contribution in [0.1, 0.15) is 0 Å². The van der Waals surface area contributed by atoms with Crippen molar-refractivity contribution in [3.8, 4) is 5.69 Å². The van der Waals surface area contributed by atoms with Crippen molar-refractivity contribution < 1.29 is 14.5 Å². The van der Waals surface area contributed by atoms with Gasteiger partial charge in [-0.1, -0.05) is 66.7 Å². The zero-order valence-corrected chi connectivity index (χ0v) is 21.9. The second-order valence-electron chi connectivity index (χ2n) is 10.4. The lowest BCUT2D eigenvalue weighted by Crippen LogP contribution is -2.30. The lowest BCUT2D eigenvalue weighted by Gasteiger charge is -2.09. The number of aromatic nitrogens is 1. The molecule has 0 aliphatic rings. The fourth-order valence-corrected chi connectivity index (χ4v) is 7.56. The Hall–Kier alpha value is -4.62. The third-order valence-corrected chi connectivity index (χ3v) is 9.32. The fourth-order valence-electron chi connectivity index (χ4n) is 6.44. The van der Waals surface area contributed by atoms with Gasteiger partial charge in [0.1, 0.15) is 11.2 Å². The summed E-state index contributed by atoms with van der Waals surface area (Å²) in [6.45, 7) is 0. The molecule has 6 heteroatoms. The highest BCUT2D eigenvalue weighted by Gasteiger charge is 2.23. The predicted octanol–water partition coefficient (Wildman–Crippen LogP) is 7.88. The molecule has 0 radical (unpaired) electrons. The Morgan fingerprint density at radius 1 is 0.600 bits per heavy atom. The number of furan rings is 1. The van der Waals surface area contributed by atoms with E-state index in [2.05, 4.69) is 83.4 Å². The van der Waals surface area contributed by atoms with Crippen LogP contribution < -0.4 is 5.46 Å². The van der Waals surface area contributed by atoms with E-state index >= 15 is 0 Å². The van der Waals surface area contributed by atoms with Gasteiger partial charge in [0.2, 0.25) is 0 Å². The van der Waals surface area contributed by atoms with Crippen LogP contribution in [0.3, 0.4) is 0 Å². The summed E-state index contributed by atoms with van der Waals surface area (Å²) < 4.78 is 11.2. The van der Waals surface area contributed by atoms with Gasteiger partial charge in [0.15, 0.2) is 0 Å². The van der Waals surface area contributed by atoms with Crippen LogP contribution in [-0.4, -0.2) is 21.7 Å². The van der Waals surface area contributed by atoms with E-state index in [1.165, 1.54) is 30.9 Å². The fraction of sp³-hybridized carbons (Fsp3) is 0. The van der Waals surface area contributed by atoms with Crippen LogP contribution >= 0.6 is 11.3 Å². The third kappa shape index (κ3) is 2.93. The van der Waals surface area contributed by atoms with E-state index in [4.69, 9.17) is 4.42 Å². The molecule has 0 fully saturated rings. The molecule has 188 valence electrons. The summed E-state index contributed by atoms with van der Waals surface area (Å²) in [5.41, 5.74) is 4.91. The van der Waals surface area contributed by atoms with Gasteiger partial charge in [-0.05, 0) is 53.2 Å². The van der Waals surface area contributed by atoms with Gasteiger partial charge in [-0.3, -0.25) is 0 Å². The highest BCUT2D eigenvalue weighted by Crippen LogP contribution is 2.41. The monoisotopic (exact) mass is 533 g/mol. The second-order valence-corrected chi connectivity index (χ2v) is 11.4. The molecule has 0 aliphatic heterocycles. The second kappa shape index (κ2) is 7.96. The minimum Gasteiger partial charge on any atom is -0.456 e. The van der Waals surface area contributed by atoms with E-state index in [1.54, 1.807) is 6.07 Å². The molecule has 0 amide bonds. The van der Waals surface area contributed by atoms with Crippen LogP contribution in [0.5, 0.6) is 0 Å². The number of thiophene rings is 1. The van der Waals surface area contributed by atoms with Crippen molar-refractivity contribution in [1.82, 2.24) is 4.57 Å². The summed E-state index contributed by atoms with van der Waals surface area (Å²) in [7, 11) is -1.63. The van der Waals surface area contributed by atoms with Crippen molar-refractivity contribution in [2.45, 2.75) is 0 Å². The number of hydrogen-bond acceptors (Lipinski definition) is 4. The Bertz CT molecular complexity index is 2480. The summed E-state index contributed by atoms with van der Waals surface area (Å²) in [6.07, 6.45) is 0. The predicted molar refractivity (Wildman–Crippen MR) is 168 cm³/mol. The molecule has 9 rings (SSSR count). The zero-order valence-electron chi connectivity index (χ0n) is 21.1. The molecular formula is C34H20BNO3S. The maximum Gasteiger partial charge on any atom is 0.492 e. The van der Waals surface area contributed by atoms with Crippen LogP contribution in [0, 0.1) is 0 Å². The summed E-state index contributed by atoms with van der Waals surface area (Å²) in [5.74, 6) is 0. The average molecular weight is 533 g/mol. The molecule has 3 heterocycles. The SMILES string of the molecule is OB(O)c1cc2ccccc2c2c1oc1ccc(-n3c4ccccc4c4cc5sc6ccccc6c5cc43)cc12. The Labute approximate surface area is 232 Å². The maximum atomic E-state index is 10.2. The number of fused-ring (bicyclic) bond motifs is 11. The van der Waals surface area contributed by atoms with Crippen LogP contribution in [-0.2, 0) is 0 Å². The largest absolute Gasteiger partial charge is 0.492 e. The Balaban J connectivity index is 1.42. The molecule has 0 atom stereocenters. The van der Waals surface area contributed by atoms with Gasteiger partial charge >= 0.3 is 7.12 Å². The quantitative estimate of drug-likeness (QED) is 0.222. The molecule has 2 N–H and O–H groups in total.